The van der Waals surface area contributed by atoms with E-state index in [4.69, 9.17) is 0 Å². The first-order valence-corrected chi connectivity index (χ1v) is 6.38. The highest BCUT2D eigenvalue weighted by Crippen LogP contribution is 2.33. The van der Waals surface area contributed by atoms with E-state index < -0.39 is 0 Å². The summed E-state index contributed by atoms with van der Waals surface area (Å²) in [7, 11) is 0. The summed E-state index contributed by atoms with van der Waals surface area (Å²) in [5.41, 5.74) is 1.14. The Morgan fingerprint density at radius 1 is 1.38 bits per heavy atom. The molecule has 2 aromatic rings. The van der Waals surface area contributed by atoms with Crippen molar-refractivity contribution in [3.63, 3.8) is 0 Å². The Hall–Kier alpha value is 0.0700. The van der Waals surface area contributed by atoms with Gasteiger partial charge in [0.1, 0.15) is 0 Å². The Kier molecular flexibility index (Phi) is 2.72. The van der Waals surface area contributed by atoms with E-state index in [-0.39, 0.29) is 5.13 Å². The van der Waals surface area contributed by atoms with Crippen LogP contribution in [0.4, 0.5) is 4.39 Å². The van der Waals surface area contributed by atoms with Crippen LogP contribution in [0, 0.1) is 5.13 Å². The lowest BCUT2D eigenvalue weighted by atomic mass is 10.2. The summed E-state index contributed by atoms with van der Waals surface area (Å²) in [6.07, 6.45) is 0. The summed E-state index contributed by atoms with van der Waals surface area (Å²) < 4.78 is 14.9. The first kappa shape index (κ1) is 9.62. The quantitative estimate of drug-likeness (QED) is 0.667. The van der Waals surface area contributed by atoms with Gasteiger partial charge >= 0.3 is 0 Å². The fraction of sp³-hybridized carbons (Fsp3) is 0.111. The maximum absolute atomic E-state index is 12.9. The van der Waals surface area contributed by atoms with Crippen molar-refractivity contribution in [2.75, 3.05) is 0 Å². The lowest BCUT2D eigenvalue weighted by Gasteiger charge is -2.00. The zero-order chi connectivity index (χ0) is 9.42. The Labute approximate surface area is 96.0 Å². The van der Waals surface area contributed by atoms with E-state index in [0.717, 1.165) is 25.5 Å². The lowest BCUT2D eigenvalue weighted by molar-refractivity contribution is 0.658. The minimum atomic E-state index is -0.137. The minimum absolute atomic E-state index is 0.137. The monoisotopic (exact) mass is 322 g/mol. The molecule has 0 aliphatic carbocycles. The molecular formula is C9H5Br2FS. The highest BCUT2D eigenvalue weighted by Gasteiger charge is 2.07. The van der Waals surface area contributed by atoms with Crippen LogP contribution in [0.3, 0.4) is 0 Å². The van der Waals surface area contributed by atoms with Crippen LogP contribution >= 0.6 is 43.2 Å². The van der Waals surface area contributed by atoms with E-state index in [1.54, 1.807) is 6.07 Å². The van der Waals surface area contributed by atoms with E-state index in [2.05, 4.69) is 31.9 Å². The van der Waals surface area contributed by atoms with Gasteiger partial charge in [-0.25, -0.2) is 0 Å². The van der Waals surface area contributed by atoms with Crippen LogP contribution in [0.5, 0.6) is 0 Å². The predicted octanol–water partition coefficient (Wildman–Crippen LogP) is 4.70. The molecule has 1 aromatic heterocycles. The van der Waals surface area contributed by atoms with Gasteiger partial charge in [-0.05, 0) is 33.6 Å². The number of alkyl halides is 1. The maximum atomic E-state index is 12.9. The van der Waals surface area contributed by atoms with Gasteiger partial charge in [-0.1, -0.05) is 22.0 Å². The summed E-state index contributed by atoms with van der Waals surface area (Å²) in [4.78, 5) is 0. The molecule has 68 valence electrons. The highest BCUT2D eigenvalue weighted by atomic mass is 79.9. The smallest absolute Gasteiger partial charge is 0.177 e. The number of halogens is 3. The molecule has 0 amide bonds. The van der Waals surface area contributed by atoms with Crippen molar-refractivity contribution in [1.82, 2.24) is 0 Å². The predicted molar refractivity (Wildman–Crippen MR) is 62.1 cm³/mol. The minimum Gasteiger partial charge on any atom is -0.195 e. The standard InChI is InChI=1S/C9H5Br2FS/c10-4-5-1-2-7-6(9(5)11)3-8(12)13-7/h1-3H,4H2. The zero-order valence-electron chi connectivity index (χ0n) is 6.48. The van der Waals surface area contributed by atoms with E-state index in [1.807, 2.05) is 12.1 Å². The number of hydrogen-bond donors (Lipinski definition) is 0. The normalized spacial score (nSPS) is 11.0. The Balaban J connectivity index is 2.78. The van der Waals surface area contributed by atoms with Gasteiger partial charge < -0.3 is 0 Å². The molecule has 1 aromatic carbocycles. The molecule has 0 unspecified atom stereocenters. The summed E-state index contributed by atoms with van der Waals surface area (Å²) in [5.74, 6) is 0. The number of thiophene rings is 1. The average molecular weight is 324 g/mol. The van der Waals surface area contributed by atoms with Gasteiger partial charge in [-0.3, -0.25) is 0 Å². The number of fused-ring (bicyclic) bond motifs is 1. The molecule has 0 fully saturated rings. The Morgan fingerprint density at radius 2 is 2.15 bits per heavy atom. The van der Waals surface area contributed by atoms with E-state index >= 15 is 0 Å². The van der Waals surface area contributed by atoms with Crippen molar-refractivity contribution in [2.45, 2.75) is 5.33 Å². The number of rotatable bonds is 1. The van der Waals surface area contributed by atoms with Crippen molar-refractivity contribution in [1.29, 1.82) is 0 Å². The van der Waals surface area contributed by atoms with Crippen molar-refractivity contribution >= 4 is 53.3 Å². The van der Waals surface area contributed by atoms with E-state index in [1.165, 1.54) is 11.3 Å². The average Bonchev–Trinajstić information content (AvgIpc) is 2.47. The molecule has 0 aliphatic heterocycles. The lowest BCUT2D eigenvalue weighted by Crippen LogP contribution is -1.78. The summed E-state index contributed by atoms with van der Waals surface area (Å²) >= 11 is 8.02. The van der Waals surface area contributed by atoms with Crippen molar-refractivity contribution in [3.8, 4) is 0 Å². The van der Waals surface area contributed by atoms with Gasteiger partial charge in [-0.15, -0.1) is 11.3 Å². The van der Waals surface area contributed by atoms with Gasteiger partial charge in [0.25, 0.3) is 0 Å². The maximum Gasteiger partial charge on any atom is 0.177 e. The molecule has 0 nitrogen and oxygen atoms in total. The molecule has 13 heavy (non-hydrogen) atoms. The topological polar surface area (TPSA) is 0 Å². The molecule has 0 aliphatic rings. The summed E-state index contributed by atoms with van der Waals surface area (Å²) in [5, 5.41) is 1.60. The van der Waals surface area contributed by atoms with Crippen molar-refractivity contribution in [2.24, 2.45) is 0 Å². The number of hydrogen-bond acceptors (Lipinski definition) is 1. The van der Waals surface area contributed by atoms with Crippen LogP contribution in [-0.2, 0) is 5.33 Å². The van der Waals surface area contributed by atoms with Gasteiger partial charge in [0.2, 0.25) is 0 Å². The fourth-order valence-corrected chi connectivity index (χ4v) is 3.56. The molecule has 0 saturated carbocycles. The highest BCUT2D eigenvalue weighted by molar-refractivity contribution is 9.11. The molecule has 0 radical (unpaired) electrons. The first-order chi connectivity index (χ1) is 6.22. The molecule has 0 spiro atoms. The molecule has 4 heteroatoms. The summed E-state index contributed by atoms with van der Waals surface area (Å²) in [6, 6.07) is 5.51. The Bertz CT molecular complexity index is 450. The third kappa shape index (κ3) is 1.67. The van der Waals surface area contributed by atoms with E-state index in [0.29, 0.717) is 0 Å². The second-order valence-corrected chi connectivity index (χ2v) is 5.02. The van der Waals surface area contributed by atoms with Crippen LogP contribution in [-0.4, -0.2) is 0 Å². The van der Waals surface area contributed by atoms with Gasteiger partial charge in [0, 0.05) is 19.9 Å². The second-order valence-electron chi connectivity index (χ2n) is 2.63. The molecule has 0 bridgehead atoms. The first-order valence-electron chi connectivity index (χ1n) is 3.65. The molecular weight excluding hydrogens is 319 g/mol. The van der Waals surface area contributed by atoms with Crippen molar-refractivity contribution < 1.29 is 4.39 Å². The van der Waals surface area contributed by atoms with Crippen LogP contribution < -0.4 is 0 Å². The third-order valence-corrected chi connectivity index (χ3v) is 4.26. The fourth-order valence-electron chi connectivity index (χ4n) is 1.20. The molecule has 2 rings (SSSR count). The summed E-state index contributed by atoms with van der Waals surface area (Å²) in [6.45, 7) is 0. The molecule has 0 atom stereocenters. The van der Waals surface area contributed by atoms with E-state index in [9.17, 15) is 4.39 Å². The van der Waals surface area contributed by atoms with Crippen LogP contribution in [0.1, 0.15) is 5.56 Å². The SMILES string of the molecule is Fc1cc2c(Br)c(CBr)ccc2s1. The molecule has 0 N–H and O–H groups in total. The van der Waals surface area contributed by atoms with Crippen LogP contribution in [0.15, 0.2) is 22.7 Å². The van der Waals surface area contributed by atoms with Crippen molar-refractivity contribution in [3.05, 3.63) is 33.4 Å². The van der Waals surface area contributed by atoms with Gasteiger partial charge in [0.15, 0.2) is 5.13 Å². The Morgan fingerprint density at radius 3 is 2.85 bits per heavy atom. The largest absolute Gasteiger partial charge is 0.195 e. The third-order valence-electron chi connectivity index (χ3n) is 1.83. The molecule has 0 saturated heterocycles. The van der Waals surface area contributed by atoms with Gasteiger partial charge in [0.05, 0.1) is 0 Å². The zero-order valence-corrected chi connectivity index (χ0v) is 10.5. The van der Waals surface area contributed by atoms with Crippen LogP contribution in [0.2, 0.25) is 0 Å². The number of benzene rings is 1. The van der Waals surface area contributed by atoms with Gasteiger partial charge in [-0.2, -0.15) is 4.39 Å². The molecule has 1 heterocycles. The second kappa shape index (κ2) is 3.67. The van der Waals surface area contributed by atoms with Crippen LogP contribution in [0.25, 0.3) is 10.1 Å².